The fourth-order valence-corrected chi connectivity index (χ4v) is 6.69. The standard InChI is InChI=1S/C24H27N5O4S2/c1-2-28-23(19-7-9-20(10-8-19)35(31,32)27-13-15-33-16-14-27)25-26-24(28)34-17-22(30)29-12-11-18-5-3-4-6-21(18)29/h3-10H,2,11-17H2,1H3. The molecule has 1 amide bonds. The number of fused-ring (bicyclic) bond motifs is 1. The Morgan fingerprint density at radius 2 is 1.77 bits per heavy atom. The van der Waals surface area contributed by atoms with Crippen LogP contribution in [-0.2, 0) is 32.5 Å². The minimum atomic E-state index is -3.55. The van der Waals surface area contributed by atoms with Gasteiger partial charge in [-0.2, -0.15) is 4.31 Å². The average molecular weight is 514 g/mol. The van der Waals surface area contributed by atoms with Gasteiger partial charge in [-0.05, 0) is 49.2 Å². The molecule has 1 aromatic heterocycles. The number of aromatic nitrogens is 3. The van der Waals surface area contributed by atoms with Crippen LogP contribution in [0, 0.1) is 0 Å². The zero-order valence-electron chi connectivity index (χ0n) is 19.5. The number of nitrogens with zero attached hydrogens (tertiary/aromatic N) is 5. The molecular formula is C24H27N5O4S2. The predicted molar refractivity (Wildman–Crippen MR) is 134 cm³/mol. The molecule has 3 heterocycles. The van der Waals surface area contributed by atoms with Crippen LogP contribution < -0.4 is 4.90 Å². The van der Waals surface area contributed by atoms with E-state index in [1.807, 2.05) is 34.6 Å². The third kappa shape index (κ3) is 4.73. The van der Waals surface area contributed by atoms with E-state index in [2.05, 4.69) is 16.3 Å². The smallest absolute Gasteiger partial charge is 0.243 e. The Morgan fingerprint density at radius 1 is 1.03 bits per heavy atom. The van der Waals surface area contributed by atoms with Crippen LogP contribution in [0.2, 0.25) is 0 Å². The first-order valence-electron chi connectivity index (χ1n) is 11.6. The van der Waals surface area contributed by atoms with Gasteiger partial charge in [0.25, 0.3) is 0 Å². The lowest BCUT2D eigenvalue weighted by molar-refractivity contribution is -0.116. The van der Waals surface area contributed by atoms with Crippen LogP contribution in [-0.4, -0.2) is 72.0 Å². The van der Waals surface area contributed by atoms with E-state index in [9.17, 15) is 13.2 Å². The number of ether oxygens (including phenoxy) is 1. The molecule has 0 bridgehead atoms. The Labute approximate surface area is 209 Å². The van der Waals surface area contributed by atoms with Crippen LogP contribution in [0.25, 0.3) is 11.4 Å². The van der Waals surface area contributed by atoms with E-state index >= 15 is 0 Å². The van der Waals surface area contributed by atoms with Crippen molar-refractivity contribution in [2.45, 2.75) is 29.9 Å². The first-order valence-corrected chi connectivity index (χ1v) is 14.0. The second kappa shape index (κ2) is 10.1. The van der Waals surface area contributed by atoms with Crippen molar-refractivity contribution in [2.75, 3.05) is 43.5 Å². The van der Waals surface area contributed by atoms with Crippen molar-refractivity contribution in [1.82, 2.24) is 19.1 Å². The molecule has 11 heteroatoms. The number of rotatable bonds is 7. The highest BCUT2D eigenvalue weighted by Crippen LogP contribution is 2.30. The Bertz CT molecular complexity index is 1320. The largest absolute Gasteiger partial charge is 0.379 e. The number of carbonyl (C=O) groups is 1. The molecule has 3 aromatic rings. The van der Waals surface area contributed by atoms with Crippen LogP contribution in [0.3, 0.4) is 0 Å². The molecule has 0 aliphatic carbocycles. The van der Waals surface area contributed by atoms with E-state index in [1.165, 1.54) is 21.6 Å². The second-order valence-electron chi connectivity index (χ2n) is 8.30. The molecule has 0 unspecified atom stereocenters. The molecule has 0 radical (unpaired) electrons. The van der Waals surface area contributed by atoms with Crippen molar-refractivity contribution in [2.24, 2.45) is 0 Å². The zero-order chi connectivity index (χ0) is 24.4. The molecule has 5 rings (SSSR count). The van der Waals surface area contributed by atoms with E-state index in [4.69, 9.17) is 4.74 Å². The van der Waals surface area contributed by atoms with Gasteiger partial charge in [-0.3, -0.25) is 4.79 Å². The van der Waals surface area contributed by atoms with Gasteiger partial charge < -0.3 is 14.2 Å². The SMILES string of the molecule is CCn1c(SCC(=O)N2CCc3ccccc32)nnc1-c1ccc(S(=O)(=O)N2CCOCC2)cc1. The molecular weight excluding hydrogens is 486 g/mol. The third-order valence-electron chi connectivity index (χ3n) is 6.27. The normalized spacial score (nSPS) is 16.4. The second-order valence-corrected chi connectivity index (χ2v) is 11.2. The van der Waals surface area contributed by atoms with E-state index in [0.29, 0.717) is 50.4 Å². The van der Waals surface area contributed by atoms with Crippen molar-refractivity contribution in [1.29, 1.82) is 0 Å². The number of para-hydroxylation sites is 1. The zero-order valence-corrected chi connectivity index (χ0v) is 21.1. The van der Waals surface area contributed by atoms with Gasteiger partial charge in [-0.1, -0.05) is 30.0 Å². The Hall–Kier alpha value is -2.73. The van der Waals surface area contributed by atoms with Gasteiger partial charge in [0.2, 0.25) is 15.9 Å². The molecule has 9 nitrogen and oxygen atoms in total. The molecule has 2 aliphatic rings. The van der Waals surface area contributed by atoms with Crippen LogP contribution in [0.15, 0.2) is 58.6 Å². The summed E-state index contributed by atoms with van der Waals surface area (Å²) < 4.78 is 34.4. The summed E-state index contributed by atoms with van der Waals surface area (Å²) in [6.07, 6.45) is 0.874. The van der Waals surface area contributed by atoms with Crippen LogP contribution in [0.5, 0.6) is 0 Å². The van der Waals surface area contributed by atoms with Gasteiger partial charge in [0, 0.05) is 37.4 Å². The van der Waals surface area contributed by atoms with Gasteiger partial charge in [0.1, 0.15) is 0 Å². The van der Waals surface area contributed by atoms with Crippen molar-refractivity contribution in [3.63, 3.8) is 0 Å². The molecule has 0 atom stereocenters. The van der Waals surface area contributed by atoms with E-state index in [0.717, 1.165) is 17.7 Å². The lowest BCUT2D eigenvalue weighted by Gasteiger charge is -2.26. The minimum absolute atomic E-state index is 0.0461. The summed E-state index contributed by atoms with van der Waals surface area (Å²) in [7, 11) is -3.55. The lowest BCUT2D eigenvalue weighted by atomic mass is 10.2. The fourth-order valence-electron chi connectivity index (χ4n) is 4.41. The lowest BCUT2D eigenvalue weighted by Crippen LogP contribution is -2.40. The fraction of sp³-hybridized carbons (Fsp3) is 0.375. The van der Waals surface area contributed by atoms with Gasteiger partial charge in [0.05, 0.1) is 23.9 Å². The summed E-state index contributed by atoms with van der Waals surface area (Å²) in [6, 6.07) is 14.7. The maximum atomic E-state index is 12.9. The number of sulfonamides is 1. The Balaban J connectivity index is 1.29. The summed E-state index contributed by atoms with van der Waals surface area (Å²) in [5.41, 5.74) is 2.96. The maximum Gasteiger partial charge on any atom is 0.243 e. The third-order valence-corrected chi connectivity index (χ3v) is 9.13. The maximum absolute atomic E-state index is 12.9. The van der Waals surface area contributed by atoms with Crippen LogP contribution in [0.4, 0.5) is 5.69 Å². The average Bonchev–Trinajstić information content (AvgIpc) is 3.52. The molecule has 1 fully saturated rings. The topological polar surface area (TPSA) is 97.6 Å². The number of hydrogen-bond acceptors (Lipinski definition) is 7. The number of carbonyl (C=O) groups excluding carboxylic acids is 1. The molecule has 0 spiro atoms. The molecule has 184 valence electrons. The number of thioether (sulfide) groups is 1. The Morgan fingerprint density at radius 3 is 2.51 bits per heavy atom. The van der Waals surface area contributed by atoms with Crippen molar-refractivity contribution in [3.8, 4) is 11.4 Å². The molecule has 0 saturated carbocycles. The van der Waals surface area contributed by atoms with Gasteiger partial charge in [-0.25, -0.2) is 8.42 Å². The summed E-state index contributed by atoms with van der Waals surface area (Å²) in [5.74, 6) is 0.956. The predicted octanol–water partition coefficient (Wildman–Crippen LogP) is 2.67. The highest BCUT2D eigenvalue weighted by Gasteiger charge is 2.27. The van der Waals surface area contributed by atoms with Crippen molar-refractivity contribution < 1.29 is 17.9 Å². The summed E-state index contributed by atoms with van der Waals surface area (Å²) in [4.78, 5) is 15.0. The van der Waals surface area contributed by atoms with Crippen LogP contribution >= 0.6 is 11.8 Å². The first-order chi connectivity index (χ1) is 17.0. The van der Waals surface area contributed by atoms with Crippen molar-refractivity contribution >= 4 is 33.4 Å². The van der Waals surface area contributed by atoms with E-state index < -0.39 is 10.0 Å². The monoisotopic (exact) mass is 513 g/mol. The van der Waals surface area contributed by atoms with Crippen LogP contribution in [0.1, 0.15) is 12.5 Å². The first kappa shape index (κ1) is 24.0. The number of morpholine rings is 1. The highest BCUT2D eigenvalue weighted by atomic mass is 32.2. The molecule has 2 aliphatic heterocycles. The summed E-state index contributed by atoms with van der Waals surface area (Å²) in [6.45, 7) is 4.84. The quantitative estimate of drug-likeness (QED) is 0.448. The van der Waals surface area contributed by atoms with Crippen molar-refractivity contribution in [3.05, 3.63) is 54.1 Å². The number of amides is 1. The molecule has 0 N–H and O–H groups in total. The summed E-state index contributed by atoms with van der Waals surface area (Å²) >= 11 is 1.37. The van der Waals surface area contributed by atoms with E-state index in [-0.39, 0.29) is 16.6 Å². The minimum Gasteiger partial charge on any atom is -0.379 e. The summed E-state index contributed by atoms with van der Waals surface area (Å²) in [5, 5.41) is 9.32. The number of hydrogen-bond donors (Lipinski definition) is 0. The van der Waals surface area contributed by atoms with Gasteiger partial charge >= 0.3 is 0 Å². The molecule has 2 aromatic carbocycles. The molecule has 35 heavy (non-hydrogen) atoms. The van der Waals surface area contributed by atoms with E-state index in [1.54, 1.807) is 24.3 Å². The van der Waals surface area contributed by atoms with Gasteiger partial charge in [-0.15, -0.1) is 10.2 Å². The number of benzene rings is 2. The highest BCUT2D eigenvalue weighted by molar-refractivity contribution is 7.99. The van der Waals surface area contributed by atoms with Gasteiger partial charge in [0.15, 0.2) is 11.0 Å². The molecule has 1 saturated heterocycles. The Kier molecular flexibility index (Phi) is 6.92. The number of anilines is 1.